The summed E-state index contributed by atoms with van der Waals surface area (Å²) in [7, 11) is 0. The third-order valence-corrected chi connectivity index (χ3v) is 5.94. The fourth-order valence-electron chi connectivity index (χ4n) is 4.13. The van der Waals surface area contributed by atoms with Crippen molar-refractivity contribution >= 4 is 17.8 Å². The standard InChI is InChI=1S/C29H38NO6/c1-19-17-20(15-16-23(19)21-12-8-7-9-13-21)11-10-14-22(18-24(31)36-29(5,6)35)26(32)30-25(27(33)34)28(2,3)4/h7-9,12-13,15-17,22,25H,10-11,14,18H2,1-6H3,(H,30,32)(H,33,34)/q-1/t22-,25-/m1/s1. The van der Waals surface area contributed by atoms with Gasteiger partial charge in [-0.15, -0.1) is 0 Å². The molecule has 36 heavy (non-hydrogen) atoms. The van der Waals surface area contributed by atoms with E-state index in [1.165, 1.54) is 13.8 Å². The minimum absolute atomic E-state index is 0.292. The number of carbonyl (C=O) groups excluding carboxylic acids is 2. The normalized spacial score (nSPS) is 13.5. The number of hydrogen-bond donors (Lipinski definition) is 2. The highest BCUT2D eigenvalue weighted by Crippen LogP contribution is 2.26. The first-order valence-corrected chi connectivity index (χ1v) is 12.3. The zero-order valence-corrected chi connectivity index (χ0v) is 22.1. The van der Waals surface area contributed by atoms with Crippen molar-refractivity contribution in [2.24, 2.45) is 11.3 Å². The molecule has 0 saturated heterocycles. The number of amides is 1. The topological polar surface area (TPSA) is 116 Å². The van der Waals surface area contributed by atoms with Crippen LogP contribution in [0, 0.1) is 18.3 Å². The summed E-state index contributed by atoms with van der Waals surface area (Å²) in [6.45, 7) is 9.66. The van der Waals surface area contributed by atoms with E-state index in [-0.39, 0.29) is 6.42 Å². The molecule has 0 aromatic heterocycles. The van der Waals surface area contributed by atoms with Crippen LogP contribution in [0.4, 0.5) is 0 Å². The highest BCUT2D eigenvalue weighted by molar-refractivity contribution is 5.88. The second kappa shape index (κ2) is 12.2. The SMILES string of the molecule is Cc1cc(CCC[C@H](CC(=O)OC(C)(C)[O-])C(=O)N[C@H](C(=O)O)C(C)(C)C)ccc1-c1ccccc1. The molecule has 2 aromatic rings. The molecule has 0 aliphatic rings. The number of aliphatic carboxylic acids is 1. The van der Waals surface area contributed by atoms with Crippen molar-refractivity contribution in [3.05, 3.63) is 59.7 Å². The van der Waals surface area contributed by atoms with E-state index in [1.54, 1.807) is 20.8 Å². The monoisotopic (exact) mass is 496 g/mol. The number of carboxylic acid groups (broad SMARTS) is 1. The molecule has 2 rings (SSSR count). The first kappa shape index (κ1) is 29.0. The molecule has 0 spiro atoms. The van der Waals surface area contributed by atoms with Gasteiger partial charge in [0.15, 0.2) is 0 Å². The molecule has 0 aliphatic heterocycles. The molecule has 0 fully saturated rings. The van der Waals surface area contributed by atoms with Gasteiger partial charge in [-0.2, -0.15) is 0 Å². The third-order valence-electron chi connectivity index (χ3n) is 5.94. The number of esters is 1. The van der Waals surface area contributed by atoms with Crippen molar-refractivity contribution in [3.63, 3.8) is 0 Å². The van der Waals surface area contributed by atoms with Crippen LogP contribution in [0.2, 0.25) is 0 Å². The number of ether oxygens (including phenoxy) is 1. The first-order valence-electron chi connectivity index (χ1n) is 12.3. The van der Waals surface area contributed by atoms with Crippen molar-refractivity contribution in [3.8, 4) is 11.1 Å². The molecule has 2 aromatic carbocycles. The van der Waals surface area contributed by atoms with Crippen LogP contribution < -0.4 is 10.4 Å². The summed E-state index contributed by atoms with van der Waals surface area (Å²) in [6, 6.07) is 15.2. The van der Waals surface area contributed by atoms with Crippen LogP contribution in [-0.2, 0) is 25.5 Å². The number of carbonyl (C=O) groups is 3. The molecule has 7 heteroatoms. The summed E-state index contributed by atoms with van der Waals surface area (Å²) in [5.74, 6) is -5.18. The average Bonchev–Trinajstić information content (AvgIpc) is 2.75. The van der Waals surface area contributed by atoms with Gasteiger partial charge in [-0.25, -0.2) is 4.79 Å². The summed E-state index contributed by atoms with van der Waals surface area (Å²) in [4.78, 5) is 37.1. The third kappa shape index (κ3) is 9.11. The summed E-state index contributed by atoms with van der Waals surface area (Å²) in [5.41, 5.74) is 3.82. The van der Waals surface area contributed by atoms with Gasteiger partial charge in [-0.05, 0) is 67.7 Å². The van der Waals surface area contributed by atoms with Gasteiger partial charge < -0.3 is 20.3 Å². The number of nitrogens with one attached hydrogen (secondary N) is 1. The van der Waals surface area contributed by atoms with E-state index in [0.717, 1.165) is 22.3 Å². The van der Waals surface area contributed by atoms with Crippen LogP contribution in [-0.4, -0.2) is 34.8 Å². The van der Waals surface area contributed by atoms with Gasteiger partial charge in [-0.3, -0.25) is 9.59 Å². The van der Waals surface area contributed by atoms with Crippen molar-refractivity contribution < 1.29 is 29.3 Å². The zero-order valence-electron chi connectivity index (χ0n) is 22.1. The van der Waals surface area contributed by atoms with Crippen LogP contribution in [0.25, 0.3) is 11.1 Å². The van der Waals surface area contributed by atoms with Crippen LogP contribution in [0.3, 0.4) is 0 Å². The van der Waals surface area contributed by atoms with Gasteiger partial charge in [0.1, 0.15) is 6.04 Å². The lowest BCUT2D eigenvalue weighted by Gasteiger charge is -2.32. The Kier molecular flexibility index (Phi) is 9.82. The molecule has 0 saturated carbocycles. The van der Waals surface area contributed by atoms with E-state index in [4.69, 9.17) is 4.74 Å². The van der Waals surface area contributed by atoms with Crippen LogP contribution >= 0.6 is 0 Å². The number of aryl methyl sites for hydroxylation is 2. The summed E-state index contributed by atoms with van der Waals surface area (Å²) in [6.07, 6.45) is 1.34. The van der Waals surface area contributed by atoms with E-state index >= 15 is 0 Å². The molecule has 0 bridgehead atoms. The van der Waals surface area contributed by atoms with E-state index in [1.807, 2.05) is 18.2 Å². The molecule has 1 amide bonds. The molecule has 0 unspecified atom stereocenters. The molecular formula is C29H38NO6-. The van der Waals surface area contributed by atoms with Crippen molar-refractivity contribution in [2.75, 3.05) is 0 Å². The van der Waals surface area contributed by atoms with Gasteiger partial charge in [0.25, 0.3) is 0 Å². The van der Waals surface area contributed by atoms with Crippen LogP contribution in [0.15, 0.2) is 48.5 Å². The Balaban J connectivity index is 2.11. The maximum absolute atomic E-state index is 13.0. The highest BCUT2D eigenvalue weighted by atomic mass is 16.7. The minimum Gasteiger partial charge on any atom is -0.819 e. The lowest BCUT2D eigenvalue weighted by Crippen LogP contribution is -2.51. The molecule has 2 atom stereocenters. The molecule has 2 N–H and O–H groups in total. The fourth-order valence-corrected chi connectivity index (χ4v) is 4.13. The lowest BCUT2D eigenvalue weighted by atomic mass is 9.86. The van der Waals surface area contributed by atoms with Crippen molar-refractivity contribution in [1.82, 2.24) is 5.32 Å². The predicted octanol–water partition coefficient (Wildman–Crippen LogP) is 4.25. The summed E-state index contributed by atoms with van der Waals surface area (Å²) < 4.78 is 4.88. The summed E-state index contributed by atoms with van der Waals surface area (Å²) in [5, 5.41) is 24.0. The predicted molar refractivity (Wildman–Crippen MR) is 137 cm³/mol. The maximum atomic E-state index is 13.0. The number of hydrogen-bond acceptors (Lipinski definition) is 5. The van der Waals surface area contributed by atoms with Crippen LogP contribution in [0.1, 0.15) is 65.0 Å². The van der Waals surface area contributed by atoms with Gasteiger partial charge in [0.05, 0.1) is 6.42 Å². The second-order valence-corrected chi connectivity index (χ2v) is 10.8. The molecule has 0 heterocycles. The van der Waals surface area contributed by atoms with Gasteiger partial charge in [0, 0.05) is 11.7 Å². The molecular weight excluding hydrogens is 458 g/mol. The van der Waals surface area contributed by atoms with E-state index in [2.05, 4.69) is 42.6 Å². The second-order valence-electron chi connectivity index (χ2n) is 10.8. The Morgan fingerprint density at radius 2 is 1.67 bits per heavy atom. The Bertz CT molecular complexity index is 1050. The van der Waals surface area contributed by atoms with E-state index in [0.29, 0.717) is 19.3 Å². The number of rotatable bonds is 11. The van der Waals surface area contributed by atoms with Crippen molar-refractivity contribution in [2.45, 2.75) is 79.1 Å². The fraction of sp³-hybridized carbons (Fsp3) is 0.483. The van der Waals surface area contributed by atoms with Crippen molar-refractivity contribution in [1.29, 1.82) is 0 Å². The Morgan fingerprint density at radius 3 is 2.19 bits per heavy atom. The minimum atomic E-state index is -1.91. The Hall–Kier alpha value is -3.19. The largest absolute Gasteiger partial charge is 0.819 e. The zero-order chi connectivity index (χ0) is 27.1. The smallest absolute Gasteiger partial charge is 0.326 e. The van der Waals surface area contributed by atoms with E-state index in [9.17, 15) is 24.6 Å². The number of carboxylic acids is 1. The summed E-state index contributed by atoms with van der Waals surface area (Å²) >= 11 is 0. The van der Waals surface area contributed by atoms with Gasteiger partial charge >= 0.3 is 11.9 Å². The van der Waals surface area contributed by atoms with Crippen LogP contribution in [0.5, 0.6) is 0 Å². The molecule has 196 valence electrons. The maximum Gasteiger partial charge on any atom is 0.326 e. The van der Waals surface area contributed by atoms with Gasteiger partial charge in [0.2, 0.25) is 5.91 Å². The molecule has 0 aliphatic carbocycles. The Morgan fingerprint density at radius 1 is 1.03 bits per heavy atom. The highest BCUT2D eigenvalue weighted by Gasteiger charge is 2.35. The van der Waals surface area contributed by atoms with E-state index < -0.39 is 41.0 Å². The quantitative estimate of drug-likeness (QED) is 0.355. The van der Waals surface area contributed by atoms with Gasteiger partial charge in [-0.1, -0.05) is 69.3 Å². The molecule has 7 nitrogen and oxygen atoms in total. The molecule has 0 radical (unpaired) electrons. The number of benzene rings is 2. The average molecular weight is 497 g/mol. The Labute approximate surface area is 213 Å². The first-order chi connectivity index (χ1) is 16.7. The lowest BCUT2D eigenvalue weighted by molar-refractivity contribution is -0.531.